The molecule has 3 aromatic rings. The number of furan rings is 1. The Hall–Kier alpha value is -4.67. The lowest BCUT2D eigenvalue weighted by Crippen LogP contribution is -2.24. The van der Waals surface area contributed by atoms with Crippen molar-refractivity contribution in [2.75, 3.05) is 13.2 Å². The van der Waals surface area contributed by atoms with Gasteiger partial charge in [0.25, 0.3) is 5.91 Å². The number of benzene rings is 2. The lowest BCUT2D eigenvalue weighted by molar-refractivity contribution is -0.385. The lowest BCUT2D eigenvalue weighted by atomic mass is 10.2. The number of hydrogen-bond acceptors (Lipinski definition) is 9. The summed E-state index contributed by atoms with van der Waals surface area (Å²) in [6, 6.07) is 13.5. The van der Waals surface area contributed by atoms with Gasteiger partial charge in [0.15, 0.2) is 23.9 Å². The number of para-hydroxylation sites is 2. The molecular formula is C22H19N3O8. The zero-order chi connectivity index (χ0) is 23.6. The van der Waals surface area contributed by atoms with Gasteiger partial charge in [-0.15, -0.1) is 0 Å². The molecule has 1 amide bonds. The normalized spacial score (nSPS) is 10.6. The minimum Gasteiger partial charge on any atom is -0.490 e. The van der Waals surface area contributed by atoms with Gasteiger partial charge >= 0.3 is 11.7 Å². The van der Waals surface area contributed by atoms with E-state index in [-0.39, 0.29) is 22.9 Å². The highest BCUT2D eigenvalue weighted by Crippen LogP contribution is 2.29. The van der Waals surface area contributed by atoms with E-state index in [0.717, 1.165) is 0 Å². The number of nitrogens with zero attached hydrogens (tertiary/aromatic N) is 2. The van der Waals surface area contributed by atoms with Gasteiger partial charge in [-0.2, -0.15) is 5.10 Å². The average Bonchev–Trinajstić information content (AvgIpc) is 3.35. The van der Waals surface area contributed by atoms with Crippen LogP contribution in [0.25, 0.3) is 0 Å². The first-order valence-electron chi connectivity index (χ1n) is 9.68. The highest BCUT2D eigenvalue weighted by Gasteiger charge is 2.16. The highest BCUT2D eigenvalue weighted by atomic mass is 16.6. The van der Waals surface area contributed by atoms with E-state index in [1.807, 2.05) is 0 Å². The Kier molecular flexibility index (Phi) is 7.73. The lowest BCUT2D eigenvalue weighted by Gasteiger charge is -2.10. The molecule has 1 N–H and O–H groups in total. The van der Waals surface area contributed by atoms with Gasteiger partial charge < -0.3 is 18.6 Å². The van der Waals surface area contributed by atoms with Crippen LogP contribution >= 0.6 is 0 Å². The number of rotatable bonds is 10. The van der Waals surface area contributed by atoms with Gasteiger partial charge in [0.1, 0.15) is 0 Å². The molecule has 0 fully saturated rings. The Balaban J connectivity index is 1.59. The summed E-state index contributed by atoms with van der Waals surface area (Å²) >= 11 is 0. The molecule has 0 bridgehead atoms. The van der Waals surface area contributed by atoms with Crippen LogP contribution in [0.2, 0.25) is 0 Å². The Morgan fingerprint density at radius 3 is 2.64 bits per heavy atom. The number of ether oxygens (including phenoxy) is 3. The van der Waals surface area contributed by atoms with Crippen LogP contribution in [0.3, 0.4) is 0 Å². The van der Waals surface area contributed by atoms with E-state index in [9.17, 15) is 19.7 Å². The molecule has 0 saturated carbocycles. The zero-order valence-corrected chi connectivity index (χ0v) is 17.4. The molecule has 11 nitrogen and oxygen atoms in total. The molecule has 11 heteroatoms. The molecule has 0 atom stereocenters. The van der Waals surface area contributed by atoms with Crippen molar-refractivity contribution in [3.05, 3.63) is 82.3 Å². The summed E-state index contributed by atoms with van der Waals surface area (Å²) in [6.07, 6.45) is 2.71. The minimum atomic E-state index is -0.673. The topological polar surface area (TPSA) is 142 Å². The quantitative estimate of drug-likeness (QED) is 0.162. The largest absolute Gasteiger partial charge is 0.490 e. The van der Waals surface area contributed by atoms with Crippen LogP contribution in [0.1, 0.15) is 23.0 Å². The summed E-state index contributed by atoms with van der Waals surface area (Å²) in [7, 11) is 0. The maximum Gasteiger partial charge on any atom is 0.379 e. The second kappa shape index (κ2) is 11.1. The van der Waals surface area contributed by atoms with Crippen molar-refractivity contribution in [1.82, 2.24) is 5.43 Å². The fourth-order valence-corrected chi connectivity index (χ4v) is 2.59. The molecule has 170 valence electrons. The molecule has 0 spiro atoms. The van der Waals surface area contributed by atoms with Gasteiger partial charge in [-0.3, -0.25) is 14.9 Å². The summed E-state index contributed by atoms with van der Waals surface area (Å²) in [6.45, 7) is 1.63. The van der Waals surface area contributed by atoms with Crippen molar-refractivity contribution in [2.24, 2.45) is 5.10 Å². The van der Waals surface area contributed by atoms with Crippen molar-refractivity contribution < 1.29 is 33.1 Å². The van der Waals surface area contributed by atoms with Gasteiger partial charge in [-0.05, 0) is 48.9 Å². The zero-order valence-electron chi connectivity index (χ0n) is 17.4. The van der Waals surface area contributed by atoms with Crippen LogP contribution in [0, 0.1) is 10.1 Å². The summed E-state index contributed by atoms with van der Waals surface area (Å²) in [5, 5.41) is 14.8. The monoisotopic (exact) mass is 453 g/mol. The molecule has 2 aromatic carbocycles. The molecule has 0 unspecified atom stereocenters. The number of carbonyl (C=O) groups is 2. The van der Waals surface area contributed by atoms with Crippen LogP contribution in [0.5, 0.6) is 17.2 Å². The van der Waals surface area contributed by atoms with Crippen LogP contribution < -0.4 is 19.6 Å². The number of nitrogens with one attached hydrogen (secondary N) is 1. The molecule has 0 saturated heterocycles. The number of hydrazone groups is 1. The molecular weight excluding hydrogens is 434 g/mol. The first-order valence-corrected chi connectivity index (χ1v) is 9.68. The van der Waals surface area contributed by atoms with Gasteiger partial charge in [0.2, 0.25) is 5.76 Å². The highest BCUT2D eigenvalue weighted by molar-refractivity contribution is 5.89. The van der Waals surface area contributed by atoms with Crippen LogP contribution in [0.15, 0.2) is 70.4 Å². The number of nitro groups is 1. The number of amides is 1. The van der Waals surface area contributed by atoms with Gasteiger partial charge in [0.05, 0.1) is 24.0 Å². The molecule has 0 aliphatic heterocycles. The Labute approximate surface area is 187 Å². The third kappa shape index (κ3) is 6.40. The van der Waals surface area contributed by atoms with Gasteiger partial charge in [-0.1, -0.05) is 12.1 Å². The standard InChI is InChI=1S/C22H19N3O8/c1-2-30-20-12-15(9-10-18(20)33-22(27)19-8-5-11-31-19)13-23-24-21(26)14-32-17-7-4-3-6-16(17)25(28)29/h3-13H,2,14H2,1H3,(H,24,26). The minimum absolute atomic E-state index is 0.0253. The molecule has 1 aromatic heterocycles. The van der Waals surface area contributed by atoms with E-state index in [2.05, 4.69) is 10.5 Å². The van der Waals surface area contributed by atoms with Crippen molar-refractivity contribution in [1.29, 1.82) is 0 Å². The molecule has 33 heavy (non-hydrogen) atoms. The first kappa shape index (κ1) is 23.0. The van der Waals surface area contributed by atoms with Crippen LogP contribution in [-0.4, -0.2) is 36.2 Å². The van der Waals surface area contributed by atoms with E-state index in [1.54, 1.807) is 31.2 Å². The molecule has 0 aliphatic rings. The Morgan fingerprint density at radius 2 is 1.91 bits per heavy atom. The Morgan fingerprint density at radius 1 is 1.09 bits per heavy atom. The maximum absolute atomic E-state index is 12.1. The van der Waals surface area contributed by atoms with Gasteiger partial charge in [0, 0.05) is 6.07 Å². The van der Waals surface area contributed by atoms with Crippen molar-refractivity contribution in [3.63, 3.8) is 0 Å². The SMILES string of the molecule is CCOc1cc(C=NNC(=O)COc2ccccc2[N+](=O)[O-])ccc1OC(=O)c1ccco1. The van der Waals surface area contributed by atoms with E-state index in [4.69, 9.17) is 18.6 Å². The predicted octanol–water partition coefficient (Wildman–Crippen LogP) is 3.33. The molecule has 0 radical (unpaired) electrons. The van der Waals surface area contributed by atoms with E-state index in [1.165, 1.54) is 42.8 Å². The fraction of sp³-hybridized carbons (Fsp3) is 0.136. The average molecular weight is 453 g/mol. The smallest absolute Gasteiger partial charge is 0.379 e. The number of carbonyl (C=O) groups excluding carboxylic acids is 2. The summed E-state index contributed by atoms with van der Waals surface area (Å²) in [4.78, 5) is 34.4. The molecule has 3 rings (SSSR count). The van der Waals surface area contributed by atoms with Gasteiger partial charge in [-0.25, -0.2) is 10.2 Å². The van der Waals surface area contributed by atoms with Crippen LogP contribution in [0.4, 0.5) is 5.69 Å². The first-order chi connectivity index (χ1) is 16.0. The molecule has 1 heterocycles. The maximum atomic E-state index is 12.1. The second-order valence-electron chi connectivity index (χ2n) is 6.31. The predicted molar refractivity (Wildman–Crippen MR) is 116 cm³/mol. The fourth-order valence-electron chi connectivity index (χ4n) is 2.59. The Bertz CT molecular complexity index is 1160. The van der Waals surface area contributed by atoms with Crippen LogP contribution in [-0.2, 0) is 4.79 Å². The third-order valence-corrected chi connectivity index (χ3v) is 4.02. The number of esters is 1. The molecule has 0 aliphatic carbocycles. The van der Waals surface area contributed by atoms with Crippen molar-refractivity contribution in [3.8, 4) is 17.2 Å². The summed E-state index contributed by atoms with van der Waals surface area (Å²) in [5.41, 5.74) is 2.57. The second-order valence-corrected chi connectivity index (χ2v) is 6.31. The van der Waals surface area contributed by atoms with Crippen molar-refractivity contribution in [2.45, 2.75) is 6.92 Å². The number of hydrogen-bond donors (Lipinski definition) is 1. The summed E-state index contributed by atoms with van der Waals surface area (Å²) < 4.78 is 21.0. The van der Waals surface area contributed by atoms with Crippen molar-refractivity contribution >= 4 is 23.8 Å². The number of nitro benzene ring substituents is 1. The van der Waals surface area contributed by atoms with E-state index in [0.29, 0.717) is 17.9 Å². The van der Waals surface area contributed by atoms with E-state index >= 15 is 0 Å². The van der Waals surface area contributed by atoms with E-state index < -0.39 is 23.4 Å². The third-order valence-electron chi connectivity index (χ3n) is 4.02. The summed E-state index contributed by atoms with van der Waals surface area (Å²) in [5.74, 6) is -0.770.